The maximum absolute atomic E-state index is 11.5. The monoisotopic (exact) mass is 384 g/mol. The largest absolute Gasteiger partial charge is 0.377 e. The molecule has 3 atom stereocenters. The summed E-state index contributed by atoms with van der Waals surface area (Å²) < 4.78 is 1.05. The highest BCUT2D eigenvalue weighted by Gasteiger charge is 2.42. The van der Waals surface area contributed by atoms with Crippen molar-refractivity contribution in [2.75, 3.05) is 5.32 Å². The molecule has 0 radical (unpaired) electrons. The minimum atomic E-state index is -0.261. The molecule has 0 bridgehead atoms. The molecular weight excluding hydrogens is 368 g/mol. The number of fused-ring (bicyclic) bond motifs is 3. The first-order chi connectivity index (χ1) is 11.6. The van der Waals surface area contributed by atoms with Crippen LogP contribution in [-0.4, -0.2) is 4.92 Å². The molecule has 1 heterocycles. The Hall–Kier alpha value is -2.14. The minimum Gasteiger partial charge on any atom is -0.377 e. The van der Waals surface area contributed by atoms with Crippen LogP contribution in [0, 0.1) is 23.0 Å². The molecule has 0 fully saturated rings. The second-order valence-corrected chi connectivity index (χ2v) is 7.39. The summed E-state index contributed by atoms with van der Waals surface area (Å²) in [6, 6.07) is 11.9. The van der Waals surface area contributed by atoms with Crippen LogP contribution in [0.15, 0.2) is 53.0 Å². The first-order valence-corrected chi connectivity index (χ1v) is 8.82. The fraction of sp³-hybridized carbons (Fsp3) is 0.263. The van der Waals surface area contributed by atoms with E-state index in [1.165, 1.54) is 5.56 Å². The maximum Gasteiger partial charge on any atom is 0.275 e. The summed E-state index contributed by atoms with van der Waals surface area (Å²) in [6.45, 7) is 2.01. The molecule has 4 nitrogen and oxygen atoms in total. The zero-order valence-electron chi connectivity index (χ0n) is 13.2. The van der Waals surface area contributed by atoms with Gasteiger partial charge in [-0.2, -0.15) is 0 Å². The second-order valence-electron chi connectivity index (χ2n) is 6.48. The van der Waals surface area contributed by atoms with E-state index in [1.54, 1.807) is 6.07 Å². The van der Waals surface area contributed by atoms with Crippen LogP contribution in [0.2, 0.25) is 0 Å². The van der Waals surface area contributed by atoms with Gasteiger partial charge in [-0.1, -0.05) is 46.3 Å². The quantitative estimate of drug-likeness (QED) is 0.422. The first-order valence-electron chi connectivity index (χ1n) is 8.03. The molecule has 0 saturated heterocycles. The van der Waals surface area contributed by atoms with E-state index >= 15 is 0 Å². The van der Waals surface area contributed by atoms with E-state index < -0.39 is 0 Å². The van der Waals surface area contributed by atoms with Crippen molar-refractivity contribution in [1.29, 1.82) is 0 Å². The first kappa shape index (κ1) is 15.4. The number of anilines is 1. The molecule has 0 amide bonds. The number of aryl methyl sites for hydroxylation is 1. The predicted octanol–water partition coefficient (Wildman–Crippen LogP) is 5.49. The number of benzene rings is 2. The third kappa shape index (κ3) is 2.35. The molecule has 24 heavy (non-hydrogen) atoms. The number of rotatable bonds is 2. The van der Waals surface area contributed by atoms with Gasteiger partial charge in [0.05, 0.1) is 16.5 Å². The number of hydrogen-bond acceptors (Lipinski definition) is 3. The predicted molar refractivity (Wildman–Crippen MR) is 98.3 cm³/mol. The molecule has 122 valence electrons. The van der Waals surface area contributed by atoms with Crippen molar-refractivity contribution in [3.05, 3.63) is 79.8 Å². The highest BCUT2D eigenvalue weighted by atomic mass is 79.9. The van der Waals surface area contributed by atoms with E-state index in [4.69, 9.17) is 0 Å². The van der Waals surface area contributed by atoms with Gasteiger partial charge in [0.1, 0.15) is 0 Å². The fourth-order valence-electron chi connectivity index (χ4n) is 4.02. The molecule has 0 saturated carbocycles. The third-order valence-corrected chi connectivity index (χ3v) is 5.60. The zero-order valence-corrected chi connectivity index (χ0v) is 14.8. The molecule has 1 aliphatic carbocycles. The van der Waals surface area contributed by atoms with Crippen molar-refractivity contribution in [3.8, 4) is 0 Å². The molecule has 0 unspecified atom stereocenters. The van der Waals surface area contributed by atoms with Crippen molar-refractivity contribution in [2.24, 2.45) is 5.92 Å². The van der Waals surface area contributed by atoms with Gasteiger partial charge in [0.2, 0.25) is 0 Å². The Bertz CT molecular complexity index is 862. The summed E-state index contributed by atoms with van der Waals surface area (Å²) >= 11 is 3.55. The number of nitro groups is 1. The van der Waals surface area contributed by atoms with Gasteiger partial charge < -0.3 is 5.32 Å². The van der Waals surface area contributed by atoms with Gasteiger partial charge in [-0.05, 0) is 42.5 Å². The highest BCUT2D eigenvalue weighted by molar-refractivity contribution is 9.10. The lowest BCUT2D eigenvalue weighted by atomic mass is 9.76. The second kappa shape index (κ2) is 5.74. The van der Waals surface area contributed by atoms with Crippen LogP contribution in [0.5, 0.6) is 0 Å². The van der Waals surface area contributed by atoms with E-state index in [0.717, 1.165) is 27.7 Å². The molecule has 2 aliphatic rings. The third-order valence-electron chi connectivity index (χ3n) is 5.11. The molecule has 1 N–H and O–H groups in total. The maximum atomic E-state index is 11.5. The summed E-state index contributed by atoms with van der Waals surface area (Å²) in [5.41, 5.74) is 4.23. The summed E-state index contributed by atoms with van der Waals surface area (Å²) in [5, 5.41) is 15.1. The van der Waals surface area contributed by atoms with Gasteiger partial charge in [-0.25, -0.2) is 0 Å². The molecule has 0 aromatic heterocycles. The van der Waals surface area contributed by atoms with E-state index in [1.807, 2.05) is 25.1 Å². The zero-order chi connectivity index (χ0) is 16.8. The van der Waals surface area contributed by atoms with E-state index in [9.17, 15) is 10.1 Å². The average molecular weight is 385 g/mol. The SMILES string of the molecule is Cc1ccc([N+](=O)[O-])c2c1N[C@@H](c1cccc(Br)c1)[C@H]1CC=C[C@H]21. The summed E-state index contributed by atoms with van der Waals surface area (Å²) in [7, 11) is 0. The number of nitrogens with zero attached hydrogens (tertiary/aromatic N) is 1. The van der Waals surface area contributed by atoms with Gasteiger partial charge in [0.15, 0.2) is 0 Å². The van der Waals surface area contributed by atoms with Gasteiger partial charge in [0.25, 0.3) is 5.69 Å². The van der Waals surface area contributed by atoms with E-state index in [-0.39, 0.29) is 22.6 Å². The smallest absolute Gasteiger partial charge is 0.275 e. The van der Waals surface area contributed by atoms with Crippen molar-refractivity contribution in [2.45, 2.75) is 25.3 Å². The van der Waals surface area contributed by atoms with Crippen molar-refractivity contribution < 1.29 is 4.92 Å². The van der Waals surface area contributed by atoms with Crippen LogP contribution >= 0.6 is 15.9 Å². The Morgan fingerprint density at radius 3 is 2.88 bits per heavy atom. The van der Waals surface area contributed by atoms with Crippen LogP contribution in [0.1, 0.15) is 35.1 Å². The average Bonchev–Trinajstić information content (AvgIpc) is 3.04. The van der Waals surface area contributed by atoms with Crippen LogP contribution in [0.25, 0.3) is 0 Å². The number of hydrogen-bond donors (Lipinski definition) is 1. The number of allylic oxidation sites excluding steroid dienone is 2. The van der Waals surface area contributed by atoms with Crippen LogP contribution < -0.4 is 5.32 Å². The Labute approximate surface area is 148 Å². The number of nitro benzene ring substituents is 1. The highest BCUT2D eigenvalue weighted by Crippen LogP contribution is 2.53. The van der Waals surface area contributed by atoms with Gasteiger partial charge in [-0.15, -0.1) is 0 Å². The van der Waals surface area contributed by atoms with Crippen LogP contribution in [0.3, 0.4) is 0 Å². The summed E-state index contributed by atoms with van der Waals surface area (Å²) in [6.07, 6.45) is 5.23. The number of nitrogens with one attached hydrogen (secondary N) is 1. The van der Waals surface area contributed by atoms with Crippen LogP contribution in [-0.2, 0) is 0 Å². The molecule has 4 rings (SSSR count). The van der Waals surface area contributed by atoms with Crippen LogP contribution in [0.4, 0.5) is 11.4 Å². The summed E-state index contributed by atoms with van der Waals surface area (Å²) in [5.74, 6) is 0.387. The lowest BCUT2D eigenvalue weighted by Gasteiger charge is -2.38. The normalized spacial score (nSPS) is 24.2. The Morgan fingerprint density at radius 1 is 1.29 bits per heavy atom. The molecular formula is C19H17BrN2O2. The summed E-state index contributed by atoms with van der Waals surface area (Å²) in [4.78, 5) is 11.3. The minimum absolute atomic E-state index is 0.0885. The van der Waals surface area contributed by atoms with Gasteiger partial charge >= 0.3 is 0 Å². The Balaban J connectivity index is 1.88. The molecule has 2 aromatic rings. The van der Waals surface area contributed by atoms with Crippen molar-refractivity contribution in [3.63, 3.8) is 0 Å². The molecule has 5 heteroatoms. The van der Waals surface area contributed by atoms with Gasteiger partial charge in [0, 0.05) is 22.1 Å². The number of halogens is 1. The molecule has 0 spiro atoms. The Morgan fingerprint density at radius 2 is 2.12 bits per heavy atom. The van der Waals surface area contributed by atoms with E-state index in [2.05, 4.69) is 45.5 Å². The Kier molecular flexibility index (Phi) is 3.68. The lowest BCUT2D eigenvalue weighted by molar-refractivity contribution is -0.385. The molecule has 2 aromatic carbocycles. The standard InChI is InChI=1S/C19H17BrN2O2/c1-11-8-9-16(22(23)24)17-14-6-3-7-15(14)19(21-18(11)17)12-4-2-5-13(20)10-12/h2-6,8-10,14-15,19,21H,7H2,1H3/t14-,15-,19-/m0/s1. The lowest BCUT2D eigenvalue weighted by Crippen LogP contribution is -2.30. The fourth-order valence-corrected chi connectivity index (χ4v) is 4.44. The topological polar surface area (TPSA) is 55.2 Å². The van der Waals surface area contributed by atoms with E-state index in [0.29, 0.717) is 5.92 Å². The van der Waals surface area contributed by atoms with Crippen molar-refractivity contribution in [1.82, 2.24) is 0 Å². The molecule has 1 aliphatic heterocycles. The van der Waals surface area contributed by atoms with Gasteiger partial charge in [-0.3, -0.25) is 10.1 Å². The van der Waals surface area contributed by atoms with Crippen molar-refractivity contribution >= 4 is 27.3 Å².